The predicted octanol–water partition coefficient (Wildman–Crippen LogP) is 1.69. The van der Waals surface area contributed by atoms with Gasteiger partial charge in [-0.1, -0.05) is 11.6 Å². The Kier molecular flexibility index (Phi) is 3.26. The molecule has 17 heavy (non-hydrogen) atoms. The molecule has 0 unspecified atom stereocenters. The van der Waals surface area contributed by atoms with Gasteiger partial charge in [0.2, 0.25) is 0 Å². The maximum absolute atomic E-state index is 12.0. The van der Waals surface area contributed by atoms with E-state index < -0.39 is 5.54 Å². The van der Waals surface area contributed by atoms with Crippen molar-refractivity contribution in [2.45, 2.75) is 24.8 Å². The van der Waals surface area contributed by atoms with E-state index in [0.29, 0.717) is 0 Å². The first-order chi connectivity index (χ1) is 8.06. The van der Waals surface area contributed by atoms with Gasteiger partial charge in [0.15, 0.2) is 0 Å². The van der Waals surface area contributed by atoms with Crippen molar-refractivity contribution in [1.82, 2.24) is 5.32 Å². The summed E-state index contributed by atoms with van der Waals surface area (Å²) >= 11 is 5.89. The van der Waals surface area contributed by atoms with Crippen LogP contribution in [0.4, 0.5) is 0 Å². The number of aliphatic hydroxyl groups excluding tert-OH is 1. The van der Waals surface area contributed by atoms with Crippen molar-refractivity contribution in [3.8, 4) is 5.75 Å². The van der Waals surface area contributed by atoms with Gasteiger partial charge in [0.1, 0.15) is 5.75 Å². The van der Waals surface area contributed by atoms with Gasteiger partial charge in [-0.15, -0.1) is 0 Å². The first kappa shape index (κ1) is 12.2. The second kappa shape index (κ2) is 4.55. The molecule has 1 amide bonds. The molecule has 2 rings (SSSR count). The van der Waals surface area contributed by atoms with Gasteiger partial charge in [0.25, 0.3) is 5.91 Å². The third-order valence-corrected chi connectivity index (χ3v) is 3.52. The van der Waals surface area contributed by atoms with Gasteiger partial charge in [-0.3, -0.25) is 4.79 Å². The Morgan fingerprint density at radius 2 is 2.18 bits per heavy atom. The molecule has 1 aliphatic rings. The fourth-order valence-electron chi connectivity index (χ4n) is 1.92. The quantitative estimate of drug-likeness (QED) is 0.770. The Labute approximate surface area is 104 Å². The SMILES string of the molecule is O=C(NC1(CO)CCC1)c1cc(O)ccc1Cl. The Hall–Kier alpha value is -1.26. The zero-order valence-electron chi connectivity index (χ0n) is 9.24. The van der Waals surface area contributed by atoms with Crippen molar-refractivity contribution < 1.29 is 15.0 Å². The van der Waals surface area contributed by atoms with E-state index in [-0.39, 0.29) is 28.8 Å². The van der Waals surface area contributed by atoms with Crippen LogP contribution >= 0.6 is 11.6 Å². The van der Waals surface area contributed by atoms with Gasteiger partial charge in [0, 0.05) is 0 Å². The molecule has 0 radical (unpaired) electrons. The standard InChI is InChI=1S/C12H14ClNO3/c13-10-3-2-8(16)6-9(10)11(17)14-12(7-15)4-1-5-12/h2-3,6,15-16H,1,4-5,7H2,(H,14,17). The summed E-state index contributed by atoms with van der Waals surface area (Å²) in [6.07, 6.45) is 2.53. The fraction of sp³-hybridized carbons (Fsp3) is 0.417. The summed E-state index contributed by atoms with van der Waals surface area (Å²) in [6.45, 7) is -0.0742. The van der Waals surface area contributed by atoms with E-state index in [4.69, 9.17) is 11.6 Å². The van der Waals surface area contributed by atoms with E-state index in [0.717, 1.165) is 19.3 Å². The highest BCUT2D eigenvalue weighted by Gasteiger charge is 2.38. The maximum atomic E-state index is 12.0. The number of carbonyl (C=O) groups is 1. The molecule has 1 saturated carbocycles. The number of benzene rings is 1. The van der Waals surface area contributed by atoms with E-state index in [2.05, 4.69) is 5.32 Å². The number of hydrogen-bond donors (Lipinski definition) is 3. The number of aromatic hydroxyl groups is 1. The van der Waals surface area contributed by atoms with Crippen LogP contribution in [0, 0.1) is 0 Å². The third kappa shape index (κ3) is 2.37. The van der Waals surface area contributed by atoms with Crippen LogP contribution in [0.1, 0.15) is 29.6 Å². The highest BCUT2D eigenvalue weighted by atomic mass is 35.5. The molecule has 1 fully saturated rings. The average Bonchev–Trinajstić information content (AvgIpc) is 2.26. The van der Waals surface area contributed by atoms with E-state index in [9.17, 15) is 15.0 Å². The second-order valence-corrected chi connectivity index (χ2v) is 4.82. The molecule has 4 nitrogen and oxygen atoms in total. The molecule has 0 aromatic heterocycles. The summed E-state index contributed by atoms with van der Waals surface area (Å²) in [5.74, 6) is -0.370. The average molecular weight is 256 g/mol. The van der Waals surface area contributed by atoms with Crippen LogP contribution in [0.5, 0.6) is 5.75 Å². The van der Waals surface area contributed by atoms with Crippen LogP contribution < -0.4 is 5.32 Å². The molecule has 92 valence electrons. The summed E-state index contributed by atoms with van der Waals surface area (Å²) in [4.78, 5) is 12.0. The number of aliphatic hydroxyl groups is 1. The zero-order valence-corrected chi connectivity index (χ0v) is 10.00. The smallest absolute Gasteiger partial charge is 0.253 e. The van der Waals surface area contributed by atoms with E-state index in [1.165, 1.54) is 18.2 Å². The summed E-state index contributed by atoms with van der Waals surface area (Å²) in [5, 5.41) is 21.6. The molecular formula is C12H14ClNO3. The van der Waals surface area contributed by atoms with Crippen molar-refractivity contribution in [1.29, 1.82) is 0 Å². The van der Waals surface area contributed by atoms with Crippen LogP contribution in [-0.2, 0) is 0 Å². The molecule has 0 saturated heterocycles. The number of amides is 1. The first-order valence-electron chi connectivity index (χ1n) is 5.48. The lowest BCUT2D eigenvalue weighted by atomic mass is 9.77. The van der Waals surface area contributed by atoms with Crippen molar-refractivity contribution in [2.75, 3.05) is 6.61 Å². The number of hydrogen-bond acceptors (Lipinski definition) is 3. The van der Waals surface area contributed by atoms with Crippen molar-refractivity contribution in [3.05, 3.63) is 28.8 Å². The molecule has 0 bridgehead atoms. The van der Waals surface area contributed by atoms with Gasteiger partial charge in [-0.05, 0) is 37.5 Å². The van der Waals surface area contributed by atoms with Crippen molar-refractivity contribution >= 4 is 17.5 Å². The van der Waals surface area contributed by atoms with Crippen LogP contribution in [-0.4, -0.2) is 28.3 Å². The molecule has 0 atom stereocenters. The molecule has 0 heterocycles. The largest absolute Gasteiger partial charge is 0.508 e. The lowest BCUT2D eigenvalue weighted by molar-refractivity contribution is 0.0641. The van der Waals surface area contributed by atoms with Gasteiger partial charge >= 0.3 is 0 Å². The lowest BCUT2D eigenvalue weighted by Gasteiger charge is -2.41. The minimum atomic E-state index is -0.508. The van der Waals surface area contributed by atoms with Crippen LogP contribution in [0.15, 0.2) is 18.2 Å². The van der Waals surface area contributed by atoms with Crippen molar-refractivity contribution in [3.63, 3.8) is 0 Å². The summed E-state index contributed by atoms with van der Waals surface area (Å²) < 4.78 is 0. The number of carbonyl (C=O) groups excluding carboxylic acids is 1. The third-order valence-electron chi connectivity index (χ3n) is 3.19. The molecule has 1 aliphatic carbocycles. The normalized spacial score (nSPS) is 17.3. The van der Waals surface area contributed by atoms with Crippen LogP contribution in [0.2, 0.25) is 5.02 Å². The minimum absolute atomic E-state index is 0.00814. The monoisotopic (exact) mass is 255 g/mol. The topological polar surface area (TPSA) is 69.6 Å². The molecule has 1 aromatic carbocycles. The number of nitrogens with one attached hydrogen (secondary N) is 1. The maximum Gasteiger partial charge on any atom is 0.253 e. The van der Waals surface area contributed by atoms with Gasteiger partial charge < -0.3 is 15.5 Å². The van der Waals surface area contributed by atoms with Gasteiger partial charge in [-0.2, -0.15) is 0 Å². The number of halogens is 1. The molecular weight excluding hydrogens is 242 g/mol. The number of phenols is 1. The lowest BCUT2D eigenvalue weighted by Crippen LogP contribution is -2.56. The van der Waals surface area contributed by atoms with E-state index in [1.54, 1.807) is 0 Å². The molecule has 3 N–H and O–H groups in total. The highest BCUT2D eigenvalue weighted by molar-refractivity contribution is 6.33. The highest BCUT2D eigenvalue weighted by Crippen LogP contribution is 2.32. The fourth-order valence-corrected chi connectivity index (χ4v) is 2.13. The van der Waals surface area contributed by atoms with E-state index in [1.807, 2.05) is 0 Å². The van der Waals surface area contributed by atoms with Crippen molar-refractivity contribution in [2.24, 2.45) is 0 Å². The predicted molar refractivity (Wildman–Crippen MR) is 64.3 cm³/mol. The van der Waals surface area contributed by atoms with Gasteiger partial charge in [-0.25, -0.2) is 0 Å². The Morgan fingerprint density at radius 3 is 2.71 bits per heavy atom. The summed E-state index contributed by atoms with van der Waals surface area (Å²) in [7, 11) is 0. The van der Waals surface area contributed by atoms with Gasteiger partial charge in [0.05, 0.1) is 22.7 Å². The van der Waals surface area contributed by atoms with E-state index >= 15 is 0 Å². The molecule has 5 heteroatoms. The van der Waals surface area contributed by atoms with Crippen LogP contribution in [0.3, 0.4) is 0 Å². The number of rotatable bonds is 3. The Bertz CT molecular complexity index is 438. The Balaban J connectivity index is 2.17. The summed E-state index contributed by atoms with van der Waals surface area (Å²) in [5.41, 5.74) is -0.280. The zero-order chi connectivity index (χ0) is 12.5. The second-order valence-electron chi connectivity index (χ2n) is 4.41. The molecule has 1 aromatic rings. The Morgan fingerprint density at radius 1 is 1.47 bits per heavy atom. The number of phenolic OH excluding ortho intramolecular Hbond substituents is 1. The van der Waals surface area contributed by atoms with Crippen LogP contribution in [0.25, 0.3) is 0 Å². The molecule has 0 spiro atoms. The molecule has 0 aliphatic heterocycles. The summed E-state index contributed by atoms with van der Waals surface area (Å²) in [6, 6.07) is 4.21. The first-order valence-corrected chi connectivity index (χ1v) is 5.86. The minimum Gasteiger partial charge on any atom is -0.508 e.